The van der Waals surface area contributed by atoms with Crippen LogP contribution < -0.4 is 9.80 Å². The van der Waals surface area contributed by atoms with E-state index in [1.807, 2.05) is 29.2 Å². The lowest BCUT2D eigenvalue weighted by Crippen LogP contribution is -2.52. The number of carbonyl (C=O) groups is 3. The number of benzene rings is 2. The van der Waals surface area contributed by atoms with E-state index in [2.05, 4.69) is 0 Å². The molecule has 2 aliphatic heterocycles. The normalized spacial score (nSPS) is 16.5. The highest BCUT2D eigenvalue weighted by Crippen LogP contribution is 2.34. The van der Waals surface area contributed by atoms with Crippen LogP contribution in [0.15, 0.2) is 47.4 Å². The SMILES string of the molecule is CC(=O)c1ccc(N2CCN(C(=O)CN3C(=O)CSc4ccccc43)CC2)c(F)c1. The Morgan fingerprint density at radius 3 is 2.47 bits per heavy atom. The van der Waals surface area contributed by atoms with Gasteiger partial charge in [0.2, 0.25) is 11.8 Å². The monoisotopic (exact) mass is 427 g/mol. The summed E-state index contributed by atoms with van der Waals surface area (Å²) in [5, 5.41) is 0. The van der Waals surface area contributed by atoms with Gasteiger partial charge in [0.25, 0.3) is 0 Å². The molecule has 30 heavy (non-hydrogen) atoms. The van der Waals surface area contributed by atoms with Gasteiger partial charge in [0, 0.05) is 36.6 Å². The van der Waals surface area contributed by atoms with Gasteiger partial charge in [-0.15, -0.1) is 11.8 Å². The highest BCUT2D eigenvalue weighted by atomic mass is 32.2. The number of para-hydroxylation sites is 1. The second-order valence-corrected chi connectivity index (χ2v) is 8.34. The Hall–Kier alpha value is -2.87. The van der Waals surface area contributed by atoms with Gasteiger partial charge in [-0.3, -0.25) is 14.4 Å². The van der Waals surface area contributed by atoms with E-state index in [-0.39, 0.29) is 24.1 Å². The first-order valence-electron chi connectivity index (χ1n) is 9.79. The molecular weight excluding hydrogens is 405 g/mol. The number of ketones is 1. The number of rotatable bonds is 4. The molecule has 2 heterocycles. The number of amides is 2. The molecule has 0 aliphatic carbocycles. The molecule has 0 aromatic heterocycles. The van der Waals surface area contributed by atoms with E-state index < -0.39 is 5.82 Å². The number of carbonyl (C=O) groups excluding carboxylic acids is 3. The summed E-state index contributed by atoms with van der Waals surface area (Å²) in [5.74, 6) is -0.470. The van der Waals surface area contributed by atoms with Crippen LogP contribution in [0.1, 0.15) is 17.3 Å². The molecule has 0 bridgehead atoms. The van der Waals surface area contributed by atoms with Crippen LogP contribution in [-0.4, -0.2) is 61.0 Å². The molecule has 0 spiro atoms. The van der Waals surface area contributed by atoms with Gasteiger partial charge in [-0.1, -0.05) is 12.1 Å². The molecule has 6 nitrogen and oxygen atoms in total. The highest BCUT2D eigenvalue weighted by molar-refractivity contribution is 8.00. The van der Waals surface area contributed by atoms with Crippen molar-refractivity contribution in [3.8, 4) is 0 Å². The Kier molecular flexibility index (Phi) is 5.76. The van der Waals surface area contributed by atoms with Gasteiger partial charge in [-0.25, -0.2) is 4.39 Å². The van der Waals surface area contributed by atoms with Gasteiger partial charge in [0.05, 0.1) is 17.1 Å². The molecule has 2 aromatic carbocycles. The number of nitrogens with zero attached hydrogens (tertiary/aromatic N) is 3. The van der Waals surface area contributed by atoms with Gasteiger partial charge in [-0.05, 0) is 37.3 Å². The average molecular weight is 428 g/mol. The maximum Gasteiger partial charge on any atom is 0.242 e. The quantitative estimate of drug-likeness (QED) is 0.703. The largest absolute Gasteiger partial charge is 0.366 e. The second-order valence-electron chi connectivity index (χ2n) is 7.33. The number of hydrogen-bond acceptors (Lipinski definition) is 5. The first-order valence-corrected chi connectivity index (χ1v) is 10.8. The lowest BCUT2D eigenvalue weighted by atomic mass is 10.1. The zero-order valence-electron chi connectivity index (χ0n) is 16.6. The van der Waals surface area contributed by atoms with Crippen molar-refractivity contribution >= 4 is 40.7 Å². The summed E-state index contributed by atoms with van der Waals surface area (Å²) in [5.41, 5.74) is 1.55. The zero-order valence-corrected chi connectivity index (χ0v) is 17.5. The van der Waals surface area contributed by atoms with Crippen molar-refractivity contribution in [2.75, 3.05) is 48.3 Å². The van der Waals surface area contributed by atoms with Crippen LogP contribution in [0.25, 0.3) is 0 Å². The Labute approximate surface area is 178 Å². The smallest absolute Gasteiger partial charge is 0.242 e. The number of piperazine rings is 1. The summed E-state index contributed by atoms with van der Waals surface area (Å²) >= 11 is 1.49. The van der Waals surface area contributed by atoms with Crippen LogP contribution in [0.5, 0.6) is 0 Å². The van der Waals surface area contributed by atoms with Crippen molar-refractivity contribution in [2.45, 2.75) is 11.8 Å². The van der Waals surface area contributed by atoms with Crippen LogP contribution in [0, 0.1) is 5.82 Å². The molecule has 1 saturated heterocycles. The third-order valence-corrected chi connectivity index (χ3v) is 6.48. The lowest BCUT2D eigenvalue weighted by molar-refractivity contribution is -0.131. The van der Waals surface area contributed by atoms with Crippen LogP contribution in [0.3, 0.4) is 0 Å². The number of halogens is 1. The molecule has 1 fully saturated rings. The van der Waals surface area contributed by atoms with Crippen LogP contribution in [0.2, 0.25) is 0 Å². The minimum absolute atomic E-state index is 0.0120. The minimum atomic E-state index is -0.435. The van der Waals surface area contributed by atoms with E-state index >= 15 is 0 Å². The third kappa shape index (κ3) is 4.05. The molecule has 0 atom stereocenters. The first kappa shape index (κ1) is 20.4. The molecule has 2 aromatic rings. The lowest BCUT2D eigenvalue weighted by Gasteiger charge is -2.37. The Bertz CT molecular complexity index is 1000. The van der Waals surface area contributed by atoms with E-state index in [4.69, 9.17) is 0 Å². The average Bonchev–Trinajstić information content (AvgIpc) is 2.75. The molecule has 0 N–H and O–H groups in total. The van der Waals surface area contributed by atoms with Crippen LogP contribution in [0.4, 0.5) is 15.8 Å². The maximum atomic E-state index is 14.4. The van der Waals surface area contributed by atoms with Crippen molar-refractivity contribution in [3.05, 3.63) is 53.8 Å². The number of thioether (sulfide) groups is 1. The molecular formula is C22H22FN3O3S. The topological polar surface area (TPSA) is 60.9 Å². The van der Waals surface area contributed by atoms with Crippen molar-refractivity contribution < 1.29 is 18.8 Å². The molecule has 0 unspecified atom stereocenters. The minimum Gasteiger partial charge on any atom is -0.366 e. The predicted molar refractivity (Wildman–Crippen MR) is 115 cm³/mol. The Morgan fingerprint density at radius 1 is 1.03 bits per heavy atom. The molecule has 2 aliphatic rings. The first-order chi connectivity index (χ1) is 14.4. The molecule has 0 radical (unpaired) electrons. The summed E-state index contributed by atoms with van der Waals surface area (Å²) < 4.78 is 14.4. The zero-order chi connectivity index (χ0) is 21.3. The van der Waals surface area contributed by atoms with Crippen molar-refractivity contribution in [1.82, 2.24) is 4.90 Å². The molecule has 4 rings (SSSR count). The summed E-state index contributed by atoms with van der Waals surface area (Å²) in [6.07, 6.45) is 0. The number of Topliss-reactive ketones (excluding diaryl/α,β-unsaturated/α-hetero) is 1. The molecule has 8 heteroatoms. The Morgan fingerprint density at radius 2 is 1.77 bits per heavy atom. The number of anilines is 2. The van der Waals surface area contributed by atoms with Gasteiger partial charge >= 0.3 is 0 Å². The van der Waals surface area contributed by atoms with E-state index in [0.29, 0.717) is 43.2 Å². The number of hydrogen-bond donors (Lipinski definition) is 0. The molecule has 156 valence electrons. The fraction of sp³-hybridized carbons (Fsp3) is 0.318. The predicted octanol–water partition coefficient (Wildman–Crippen LogP) is 2.82. The summed E-state index contributed by atoms with van der Waals surface area (Å²) in [7, 11) is 0. The van der Waals surface area contributed by atoms with Crippen molar-refractivity contribution in [2.24, 2.45) is 0 Å². The summed E-state index contributed by atoms with van der Waals surface area (Å²) in [6, 6.07) is 12.1. The van der Waals surface area contributed by atoms with Gasteiger partial charge in [-0.2, -0.15) is 0 Å². The molecule has 0 saturated carbocycles. The fourth-order valence-electron chi connectivity index (χ4n) is 3.74. The molecule has 2 amide bonds. The third-order valence-electron chi connectivity index (χ3n) is 5.43. The summed E-state index contributed by atoms with van der Waals surface area (Å²) in [6.45, 7) is 3.29. The van der Waals surface area contributed by atoms with E-state index in [9.17, 15) is 18.8 Å². The van der Waals surface area contributed by atoms with Gasteiger partial charge in [0.15, 0.2) is 5.78 Å². The van der Waals surface area contributed by atoms with Gasteiger partial charge in [0.1, 0.15) is 12.4 Å². The number of fused-ring (bicyclic) bond motifs is 1. The van der Waals surface area contributed by atoms with Crippen LogP contribution >= 0.6 is 11.8 Å². The van der Waals surface area contributed by atoms with E-state index in [1.165, 1.54) is 24.8 Å². The summed E-state index contributed by atoms with van der Waals surface area (Å²) in [4.78, 5) is 42.8. The standard InChI is InChI=1S/C22H22FN3O3S/c1-15(27)16-6-7-18(17(23)12-16)24-8-10-25(11-9-24)21(28)13-26-19-4-2-3-5-20(19)30-14-22(26)29/h2-7,12H,8-11,13-14H2,1H3. The van der Waals surface area contributed by atoms with E-state index in [0.717, 1.165) is 10.6 Å². The Balaban J connectivity index is 1.39. The highest BCUT2D eigenvalue weighted by Gasteiger charge is 2.29. The maximum absolute atomic E-state index is 14.4. The second kappa shape index (κ2) is 8.47. The van der Waals surface area contributed by atoms with Gasteiger partial charge < -0.3 is 14.7 Å². The fourth-order valence-corrected chi connectivity index (χ4v) is 4.68. The van der Waals surface area contributed by atoms with Crippen molar-refractivity contribution in [1.29, 1.82) is 0 Å². The van der Waals surface area contributed by atoms with E-state index in [1.54, 1.807) is 21.9 Å². The van der Waals surface area contributed by atoms with Crippen LogP contribution in [-0.2, 0) is 9.59 Å². The van der Waals surface area contributed by atoms with Crippen molar-refractivity contribution in [3.63, 3.8) is 0 Å².